The molecule has 0 bridgehead atoms. The third-order valence-corrected chi connectivity index (χ3v) is 6.67. The topological polar surface area (TPSA) is 93.1 Å². The highest BCUT2D eigenvalue weighted by molar-refractivity contribution is 7.89. The zero-order valence-electron chi connectivity index (χ0n) is 18.0. The number of anilines is 1. The lowest BCUT2D eigenvalue weighted by molar-refractivity contribution is 0.102. The first kappa shape index (κ1) is 21.7. The summed E-state index contributed by atoms with van der Waals surface area (Å²) in [5.41, 5.74) is 4.42. The molecule has 0 unspecified atom stereocenters. The van der Waals surface area contributed by atoms with Gasteiger partial charge in [-0.15, -0.1) is 0 Å². The van der Waals surface area contributed by atoms with Crippen LogP contribution in [-0.4, -0.2) is 29.9 Å². The van der Waals surface area contributed by atoms with Gasteiger partial charge in [0.25, 0.3) is 5.91 Å². The van der Waals surface area contributed by atoms with Crippen LogP contribution in [0.4, 0.5) is 5.69 Å². The third kappa shape index (κ3) is 4.42. The molecule has 3 aromatic carbocycles. The van der Waals surface area contributed by atoms with Crippen LogP contribution in [0.5, 0.6) is 0 Å². The van der Waals surface area contributed by atoms with Crippen molar-refractivity contribution in [3.63, 3.8) is 0 Å². The fourth-order valence-electron chi connectivity index (χ4n) is 3.46. The molecule has 0 aliphatic heterocycles. The molecule has 0 fully saturated rings. The molecule has 164 valence electrons. The van der Waals surface area contributed by atoms with Crippen molar-refractivity contribution in [2.45, 2.75) is 31.7 Å². The number of aryl methyl sites for hydroxylation is 1. The minimum atomic E-state index is -3.69. The Hall–Kier alpha value is -3.49. The van der Waals surface area contributed by atoms with Gasteiger partial charge in [-0.25, -0.2) is 18.1 Å². The van der Waals surface area contributed by atoms with E-state index in [0.29, 0.717) is 16.8 Å². The molecule has 0 saturated carbocycles. The van der Waals surface area contributed by atoms with Gasteiger partial charge in [-0.05, 0) is 74.9 Å². The van der Waals surface area contributed by atoms with Crippen LogP contribution in [0.1, 0.15) is 29.8 Å². The lowest BCUT2D eigenvalue weighted by Crippen LogP contribution is -2.30. The number of para-hydroxylation sites is 2. The van der Waals surface area contributed by atoms with Gasteiger partial charge in [0, 0.05) is 23.0 Å². The fourth-order valence-corrected chi connectivity index (χ4v) is 4.74. The van der Waals surface area contributed by atoms with Crippen LogP contribution in [0.25, 0.3) is 16.7 Å². The Balaban J connectivity index is 1.56. The second kappa shape index (κ2) is 8.57. The standard InChI is InChI=1S/C24H24N4O3S/c1-16(2)27-32(30,31)20-13-8-17(3)21(14-20)24(29)26-18-9-11-19(12-10-18)28-15-25-22-6-4-5-7-23(22)28/h4-16,27H,1-3H3,(H,26,29). The fraction of sp³-hybridized carbons (Fsp3) is 0.167. The molecule has 0 radical (unpaired) electrons. The molecular formula is C24H24N4O3S. The number of nitrogens with one attached hydrogen (secondary N) is 2. The number of fused-ring (bicyclic) bond motifs is 1. The van der Waals surface area contributed by atoms with Crippen molar-refractivity contribution in [2.75, 3.05) is 5.32 Å². The zero-order valence-corrected chi connectivity index (χ0v) is 18.8. The summed E-state index contributed by atoms with van der Waals surface area (Å²) >= 11 is 0. The van der Waals surface area contributed by atoms with Gasteiger partial charge in [-0.1, -0.05) is 18.2 Å². The maximum Gasteiger partial charge on any atom is 0.255 e. The quantitative estimate of drug-likeness (QED) is 0.461. The van der Waals surface area contributed by atoms with E-state index in [1.54, 1.807) is 45.3 Å². The van der Waals surface area contributed by atoms with Gasteiger partial charge in [-0.3, -0.25) is 9.36 Å². The van der Waals surface area contributed by atoms with Crippen molar-refractivity contribution >= 4 is 32.7 Å². The summed E-state index contributed by atoms with van der Waals surface area (Å²) in [5, 5.41) is 2.85. The van der Waals surface area contributed by atoms with Gasteiger partial charge >= 0.3 is 0 Å². The van der Waals surface area contributed by atoms with E-state index in [2.05, 4.69) is 15.0 Å². The normalized spacial score (nSPS) is 11.8. The van der Waals surface area contributed by atoms with Crippen molar-refractivity contribution < 1.29 is 13.2 Å². The van der Waals surface area contributed by atoms with Crippen LogP contribution in [0.15, 0.2) is 78.0 Å². The molecular weight excluding hydrogens is 424 g/mol. The molecule has 2 N–H and O–H groups in total. The molecule has 0 aliphatic rings. The van der Waals surface area contributed by atoms with Crippen LogP contribution in [0, 0.1) is 6.92 Å². The summed E-state index contributed by atoms with van der Waals surface area (Å²) in [5.74, 6) is -0.370. The highest BCUT2D eigenvalue weighted by Gasteiger charge is 2.19. The average molecular weight is 449 g/mol. The zero-order chi connectivity index (χ0) is 22.9. The number of aromatic nitrogens is 2. The predicted molar refractivity (Wildman–Crippen MR) is 126 cm³/mol. The van der Waals surface area contributed by atoms with Gasteiger partial charge in [0.1, 0.15) is 6.33 Å². The van der Waals surface area contributed by atoms with E-state index in [-0.39, 0.29) is 16.8 Å². The van der Waals surface area contributed by atoms with Crippen LogP contribution < -0.4 is 10.0 Å². The summed E-state index contributed by atoms with van der Waals surface area (Å²) < 4.78 is 29.5. The van der Waals surface area contributed by atoms with Crippen molar-refractivity contribution in [1.29, 1.82) is 0 Å². The molecule has 0 saturated heterocycles. The van der Waals surface area contributed by atoms with Crippen LogP contribution in [0.2, 0.25) is 0 Å². The summed E-state index contributed by atoms with van der Waals surface area (Å²) in [6, 6.07) is 19.5. The van der Waals surface area contributed by atoms with E-state index in [9.17, 15) is 13.2 Å². The van der Waals surface area contributed by atoms with Gasteiger partial charge in [-0.2, -0.15) is 0 Å². The van der Waals surface area contributed by atoms with E-state index in [1.165, 1.54) is 12.1 Å². The number of carbonyl (C=O) groups is 1. The number of sulfonamides is 1. The van der Waals surface area contributed by atoms with Crippen molar-refractivity contribution in [3.8, 4) is 5.69 Å². The van der Waals surface area contributed by atoms with E-state index in [0.717, 1.165) is 16.7 Å². The lowest BCUT2D eigenvalue weighted by Gasteiger charge is -2.13. The van der Waals surface area contributed by atoms with Crippen molar-refractivity contribution in [1.82, 2.24) is 14.3 Å². The van der Waals surface area contributed by atoms with Crippen LogP contribution in [-0.2, 0) is 10.0 Å². The molecule has 8 heteroatoms. The Labute approximate surface area is 187 Å². The average Bonchev–Trinajstić information content (AvgIpc) is 3.17. The number of hydrogen-bond donors (Lipinski definition) is 2. The molecule has 0 atom stereocenters. The van der Waals surface area contributed by atoms with E-state index < -0.39 is 10.0 Å². The second-order valence-electron chi connectivity index (χ2n) is 7.86. The van der Waals surface area contributed by atoms with E-state index in [1.807, 2.05) is 41.0 Å². The summed E-state index contributed by atoms with van der Waals surface area (Å²) in [6.07, 6.45) is 1.76. The third-order valence-electron chi connectivity index (χ3n) is 5.01. The number of nitrogens with zero attached hydrogens (tertiary/aromatic N) is 2. The maximum atomic E-state index is 12.9. The second-order valence-corrected chi connectivity index (χ2v) is 9.57. The van der Waals surface area contributed by atoms with Gasteiger partial charge in [0.2, 0.25) is 10.0 Å². The van der Waals surface area contributed by atoms with Gasteiger partial charge in [0.15, 0.2) is 0 Å². The number of benzene rings is 3. The van der Waals surface area contributed by atoms with Gasteiger partial charge in [0.05, 0.1) is 15.9 Å². The molecule has 32 heavy (non-hydrogen) atoms. The Morgan fingerprint density at radius 2 is 1.72 bits per heavy atom. The van der Waals surface area contributed by atoms with Crippen molar-refractivity contribution in [3.05, 3.63) is 84.2 Å². The monoisotopic (exact) mass is 448 g/mol. The smallest absolute Gasteiger partial charge is 0.255 e. The molecule has 4 aromatic rings. The first-order chi connectivity index (χ1) is 15.2. The maximum absolute atomic E-state index is 12.9. The Morgan fingerprint density at radius 3 is 2.44 bits per heavy atom. The van der Waals surface area contributed by atoms with Crippen LogP contribution in [0.3, 0.4) is 0 Å². The van der Waals surface area contributed by atoms with E-state index in [4.69, 9.17) is 0 Å². The molecule has 4 rings (SSSR count). The molecule has 0 aliphatic carbocycles. The predicted octanol–water partition coefficient (Wildman–Crippen LogP) is 4.27. The van der Waals surface area contributed by atoms with E-state index >= 15 is 0 Å². The highest BCUT2D eigenvalue weighted by Crippen LogP contribution is 2.21. The summed E-state index contributed by atoms with van der Waals surface area (Å²) in [7, 11) is -3.69. The Bertz CT molecular complexity index is 1390. The Kier molecular flexibility index (Phi) is 5.82. The lowest BCUT2D eigenvalue weighted by atomic mass is 10.1. The SMILES string of the molecule is Cc1ccc(S(=O)(=O)NC(C)C)cc1C(=O)Nc1ccc(-n2cnc3ccccc32)cc1. The molecule has 7 nitrogen and oxygen atoms in total. The first-order valence-electron chi connectivity index (χ1n) is 10.2. The molecule has 1 amide bonds. The summed E-state index contributed by atoms with van der Waals surface area (Å²) in [4.78, 5) is 17.3. The minimum absolute atomic E-state index is 0.0595. The number of carbonyl (C=O) groups excluding carboxylic acids is 1. The first-order valence-corrected chi connectivity index (χ1v) is 11.7. The van der Waals surface area contributed by atoms with Crippen LogP contribution >= 0.6 is 0 Å². The highest BCUT2D eigenvalue weighted by atomic mass is 32.2. The number of rotatable bonds is 6. The number of imidazole rings is 1. The number of hydrogen-bond acceptors (Lipinski definition) is 4. The number of amides is 1. The molecule has 0 spiro atoms. The Morgan fingerprint density at radius 1 is 1.00 bits per heavy atom. The molecule has 1 aromatic heterocycles. The van der Waals surface area contributed by atoms with Gasteiger partial charge < -0.3 is 5.32 Å². The molecule has 1 heterocycles. The summed E-state index contributed by atoms with van der Waals surface area (Å²) in [6.45, 7) is 5.26. The minimum Gasteiger partial charge on any atom is -0.322 e. The van der Waals surface area contributed by atoms with Crippen molar-refractivity contribution in [2.24, 2.45) is 0 Å². The largest absolute Gasteiger partial charge is 0.322 e.